The van der Waals surface area contributed by atoms with Crippen LogP contribution in [0.3, 0.4) is 0 Å². The number of hydrogen-bond donors (Lipinski definition) is 1. The zero-order chi connectivity index (χ0) is 5.82. The van der Waals surface area contributed by atoms with Crippen molar-refractivity contribution in [2.24, 2.45) is 0 Å². The van der Waals surface area contributed by atoms with Crippen molar-refractivity contribution >= 4 is 0 Å². The molecule has 8 heavy (non-hydrogen) atoms. The van der Waals surface area contributed by atoms with Crippen molar-refractivity contribution < 1.29 is 5.11 Å². The van der Waals surface area contributed by atoms with E-state index < -0.39 is 0 Å². The van der Waals surface area contributed by atoms with Crippen LogP contribution in [0.1, 0.15) is 0 Å². The summed E-state index contributed by atoms with van der Waals surface area (Å²) in [5, 5.41) is 8.52. The molecular weight excluding hydrogens is 100 g/mol. The number of aliphatic hydroxyl groups excluding tert-OH is 1. The average Bonchev–Trinajstić information content (AvgIpc) is 1.90. The minimum Gasteiger partial charge on any atom is -0.389 e. The number of allylic oxidation sites excluding steroid dienone is 4. The van der Waals surface area contributed by atoms with Gasteiger partial charge in [0.15, 0.2) is 0 Å². The van der Waals surface area contributed by atoms with Crippen molar-refractivity contribution in [3.63, 3.8) is 0 Å². The van der Waals surface area contributed by atoms with Gasteiger partial charge in [0.05, 0.1) is 24.3 Å². The molecule has 0 saturated carbocycles. The molecule has 1 aliphatic rings. The topological polar surface area (TPSA) is 20.2 Å². The summed E-state index contributed by atoms with van der Waals surface area (Å²) < 4.78 is 0. The summed E-state index contributed by atoms with van der Waals surface area (Å²) in [6.07, 6.45) is 10.1. The zero-order valence-electron chi connectivity index (χ0n) is 4.46. The van der Waals surface area contributed by atoms with Crippen LogP contribution in [0, 0.1) is 6.08 Å². The van der Waals surface area contributed by atoms with Crippen LogP contribution in [0.4, 0.5) is 0 Å². The summed E-state index contributed by atoms with van der Waals surface area (Å²) in [5.74, 6) is 0. The predicted octanol–water partition coefficient (Wildman–Crippen LogP) is 0.834. The molecule has 0 atom stereocenters. The average molecular weight is 107 g/mol. The first kappa shape index (κ1) is 5.23. The maximum atomic E-state index is 8.52. The number of aliphatic hydroxyl groups is 1. The Labute approximate surface area is 48.6 Å². The number of rotatable bonds is 1. The molecule has 0 radical (unpaired) electrons. The van der Waals surface area contributed by atoms with E-state index in [1.807, 2.05) is 12.2 Å². The highest BCUT2D eigenvalue weighted by Gasteiger charge is 1.96. The van der Waals surface area contributed by atoms with E-state index in [2.05, 4.69) is 6.08 Å². The molecule has 1 N–H and O–H groups in total. The van der Waals surface area contributed by atoms with E-state index in [1.54, 1.807) is 12.2 Å². The molecule has 1 aliphatic carbocycles. The fraction of sp³-hybridized carbons (Fsp3) is 0.143. The second-order valence-corrected chi connectivity index (χ2v) is 1.57. The van der Waals surface area contributed by atoms with Gasteiger partial charge in [-0.1, -0.05) is 0 Å². The summed E-state index contributed by atoms with van der Waals surface area (Å²) in [6.45, 7) is 0.120. The normalized spacial score (nSPS) is 15.4. The Morgan fingerprint density at radius 3 is 2.88 bits per heavy atom. The molecule has 40 valence electrons. The third kappa shape index (κ3) is 1.03. The van der Waals surface area contributed by atoms with Gasteiger partial charge < -0.3 is 5.11 Å². The van der Waals surface area contributed by atoms with Gasteiger partial charge in [0, 0.05) is 6.08 Å². The summed E-state index contributed by atoms with van der Waals surface area (Å²) >= 11 is 0. The first-order valence-corrected chi connectivity index (χ1v) is 2.49. The monoisotopic (exact) mass is 107 g/mol. The highest BCUT2D eigenvalue weighted by Crippen LogP contribution is 1.99. The van der Waals surface area contributed by atoms with Crippen LogP contribution < -0.4 is 0 Å². The third-order valence-corrected chi connectivity index (χ3v) is 0.970. The lowest BCUT2D eigenvalue weighted by atomic mass is 10.2. The van der Waals surface area contributed by atoms with Gasteiger partial charge >= 0.3 is 0 Å². The molecule has 0 saturated heterocycles. The minimum absolute atomic E-state index is 0.120. The third-order valence-electron chi connectivity index (χ3n) is 0.970. The smallest absolute Gasteiger partial charge is 0.103 e. The van der Waals surface area contributed by atoms with Gasteiger partial charge in [-0.3, -0.25) is 0 Å². The lowest BCUT2D eigenvalue weighted by Gasteiger charge is -1.85. The van der Waals surface area contributed by atoms with Crippen molar-refractivity contribution in [3.8, 4) is 0 Å². The van der Waals surface area contributed by atoms with Crippen LogP contribution >= 0.6 is 0 Å². The van der Waals surface area contributed by atoms with Gasteiger partial charge in [0.25, 0.3) is 0 Å². The van der Waals surface area contributed by atoms with Gasteiger partial charge in [0.2, 0.25) is 0 Å². The summed E-state index contributed by atoms with van der Waals surface area (Å²) in [7, 11) is 0. The molecular formula is C7H7O+. The van der Waals surface area contributed by atoms with Crippen LogP contribution in [-0.2, 0) is 0 Å². The highest BCUT2D eigenvalue weighted by molar-refractivity contribution is 5.29. The summed E-state index contributed by atoms with van der Waals surface area (Å²) in [4.78, 5) is 0. The molecule has 0 heterocycles. The van der Waals surface area contributed by atoms with Gasteiger partial charge in [-0.05, 0) is 0 Å². The van der Waals surface area contributed by atoms with Crippen LogP contribution in [0.25, 0.3) is 0 Å². The van der Waals surface area contributed by atoms with E-state index in [1.165, 1.54) is 0 Å². The second-order valence-electron chi connectivity index (χ2n) is 1.57. The molecule has 0 unspecified atom stereocenters. The van der Waals surface area contributed by atoms with Gasteiger partial charge in [-0.25, -0.2) is 0 Å². The fourth-order valence-corrected chi connectivity index (χ4v) is 0.527. The quantitative estimate of drug-likeness (QED) is 0.492. The van der Waals surface area contributed by atoms with Gasteiger partial charge in [-0.15, -0.1) is 0 Å². The first-order valence-electron chi connectivity index (χ1n) is 2.49. The first-order chi connectivity index (χ1) is 3.93. The van der Waals surface area contributed by atoms with Crippen molar-refractivity contribution in [1.82, 2.24) is 0 Å². The lowest BCUT2D eigenvalue weighted by Crippen LogP contribution is -1.85. The SMILES string of the molecule is OCC1=CC=[C+]C=C1. The molecule has 0 aromatic rings. The van der Waals surface area contributed by atoms with Gasteiger partial charge in [0.1, 0.15) is 12.2 Å². The minimum atomic E-state index is 0.120. The Bertz CT molecular complexity index is 152. The van der Waals surface area contributed by atoms with E-state index in [9.17, 15) is 0 Å². The molecule has 0 bridgehead atoms. The van der Waals surface area contributed by atoms with Crippen LogP contribution in [0.5, 0.6) is 0 Å². The molecule has 0 aromatic carbocycles. The Morgan fingerprint density at radius 2 is 2.50 bits per heavy atom. The van der Waals surface area contributed by atoms with Crippen molar-refractivity contribution in [1.29, 1.82) is 0 Å². The molecule has 0 aromatic heterocycles. The fourth-order valence-electron chi connectivity index (χ4n) is 0.527. The number of hydrogen-bond acceptors (Lipinski definition) is 1. The van der Waals surface area contributed by atoms with Crippen molar-refractivity contribution in [3.05, 3.63) is 36.0 Å². The largest absolute Gasteiger partial charge is 0.389 e. The molecule has 0 amide bonds. The lowest BCUT2D eigenvalue weighted by molar-refractivity contribution is 0.335. The maximum Gasteiger partial charge on any atom is 0.103 e. The Morgan fingerprint density at radius 1 is 1.62 bits per heavy atom. The van der Waals surface area contributed by atoms with Crippen LogP contribution in [0.2, 0.25) is 0 Å². The molecule has 1 heteroatoms. The summed E-state index contributed by atoms with van der Waals surface area (Å²) in [5.41, 5.74) is 0.934. The van der Waals surface area contributed by atoms with E-state index in [-0.39, 0.29) is 6.61 Å². The predicted molar refractivity (Wildman–Crippen MR) is 32.1 cm³/mol. The molecule has 0 spiro atoms. The molecule has 0 aliphatic heterocycles. The second kappa shape index (κ2) is 2.41. The standard InChI is InChI=1S/C7H7O/c8-6-7-4-2-1-3-5-7/h2-5,8H,6H2/q+1. The molecule has 1 nitrogen and oxygen atoms in total. The van der Waals surface area contributed by atoms with Crippen molar-refractivity contribution in [2.45, 2.75) is 0 Å². The van der Waals surface area contributed by atoms with E-state index in [0.29, 0.717) is 0 Å². The molecule has 0 fully saturated rings. The van der Waals surface area contributed by atoms with E-state index >= 15 is 0 Å². The van der Waals surface area contributed by atoms with E-state index in [4.69, 9.17) is 5.11 Å². The van der Waals surface area contributed by atoms with Crippen molar-refractivity contribution in [2.75, 3.05) is 6.61 Å². The Hall–Kier alpha value is -0.910. The summed E-state index contributed by atoms with van der Waals surface area (Å²) in [6, 6.07) is 0. The highest BCUT2D eigenvalue weighted by atomic mass is 16.3. The van der Waals surface area contributed by atoms with E-state index in [0.717, 1.165) is 5.57 Å². The van der Waals surface area contributed by atoms with Gasteiger partial charge in [-0.2, -0.15) is 0 Å². The van der Waals surface area contributed by atoms with Crippen LogP contribution in [0.15, 0.2) is 29.9 Å². The zero-order valence-corrected chi connectivity index (χ0v) is 4.46. The van der Waals surface area contributed by atoms with Crippen LogP contribution in [-0.4, -0.2) is 11.7 Å². The molecule has 1 rings (SSSR count). The Balaban J connectivity index is 2.68. The maximum absolute atomic E-state index is 8.52. The Kier molecular flexibility index (Phi) is 1.58.